The fourth-order valence-electron chi connectivity index (χ4n) is 2.04. The summed E-state index contributed by atoms with van der Waals surface area (Å²) in [6, 6.07) is 6.82. The summed E-state index contributed by atoms with van der Waals surface area (Å²) in [6.45, 7) is 4.68. The highest BCUT2D eigenvalue weighted by molar-refractivity contribution is 5.75. The van der Waals surface area contributed by atoms with Crippen molar-refractivity contribution in [2.45, 2.75) is 25.3 Å². The van der Waals surface area contributed by atoms with Crippen LogP contribution in [0.15, 0.2) is 36.9 Å². The van der Waals surface area contributed by atoms with Crippen molar-refractivity contribution in [3.63, 3.8) is 0 Å². The number of hydrogen-bond donors (Lipinski definition) is 1. The summed E-state index contributed by atoms with van der Waals surface area (Å²) in [5.41, 5.74) is 0.919. The van der Waals surface area contributed by atoms with E-state index in [1.165, 1.54) is 12.1 Å². The number of benzene rings is 1. The second-order valence-electron chi connectivity index (χ2n) is 4.78. The number of hydrogen-bond acceptors (Lipinski definition) is 1. The van der Waals surface area contributed by atoms with Crippen LogP contribution >= 0.6 is 0 Å². The van der Waals surface area contributed by atoms with Gasteiger partial charge in [0.1, 0.15) is 5.82 Å². The van der Waals surface area contributed by atoms with Crippen LogP contribution in [0, 0.1) is 5.82 Å². The monoisotopic (exact) mass is 262 g/mol. The molecule has 0 spiro atoms. The first-order valence-corrected chi connectivity index (χ1v) is 6.60. The largest absolute Gasteiger partial charge is 0.335 e. The highest BCUT2D eigenvalue weighted by Crippen LogP contribution is 2.27. The summed E-state index contributed by atoms with van der Waals surface area (Å²) in [5, 5.41) is 2.80. The highest BCUT2D eigenvalue weighted by atomic mass is 19.1. The molecule has 2 rings (SSSR count). The zero-order valence-electron chi connectivity index (χ0n) is 10.9. The van der Waals surface area contributed by atoms with Gasteiger partial charge in [-0.1, -0.05) is 18.2 Å². The molecular weight excluding hydrogens is 243 g/mol. The molecule has 1 saturated carbocycles. The van der Waals surface area contributed by atoms with Gasteiger partial charge in [-0.25, -0.2) is 9.18 Å². The van der Waals surface area contributed by atoms with Crippen molar-refractivity contribution in [3.05, 3.63) is 48.3 Å². The molecule has 0 radical (unpaired) electrons. The van der Waals surface area contributed by atoms with Gasteiger partial charge in [-0.15, -0.1) is 6.58 Å². The molecule has 4 heteroatoms. The molecule has 3 nitrogen and oxygen atoms in total. The maximum atomic E-state index is 13.1. The zero-order chi connectivity index (χ0) is 13.7. The van der Waals surface area contributed by atoms with E-state index in [0.29, 0.717) is 25.6 Å². The van der Waals surface area contributed by atoms with Crippen molar-refractivity contribution in [1.82, 2.24) is 10.2 Å². The van der Waals surface area contributed by atoms with Crippen LogP contribution in [0.3, 0.4) is 0 Å². The number of halogens is 1. The summed E-state index contributed by atoms with van der Waals surface area (Å²) in [6.07, 6.45) is 4.46. The maximum absolute atomic E-state index is 13.1. The van der Waals surface area contributed by atoms with Gasteiger partial charge in [-0.3, -0.25) is 0 Å². The minimum absolute atomic E-state index is 0.0567. The smallest absolute Gasteiger partial charge is 0.317 e. The first-order valence-electron chi connectivity index (χ1n) is 6.60. The molecule has 102 valence electrons. The third-order valence-electron chi connectivity index (χ3n) is 3.18. The molecule has 1 fully saturated rings. The van der Waals surface area contributed by atoms with Crippen molar-refractivity contribution in [3.8, 4) is 0 Å². The van der Waals surface area contributed by atoms with Gasteiger partial charge in [0.25, 0.3) is 0 Å². The van der Waals surface area contributed by atoms with Crippen LogP contribution in [0.2, 0.25) is 0 Å². The fourth-order valence-corrected chi connectivity index (χ4v) is 2.04. The lowest BCUT2D eigenvalue weighted by Crippen LogP contribution is -2.42. The van der Waals surface area contributed by atoms with Crippen molar-refractivity contribution >= 4 is 6.03 Å². The summed E-state index contributed by atoms with van der Waals surface area (Å²) in [5.74, 6) is -0.230. The predicted octanol–water partition coefficient (Wildman–Crippen LogP) is 2.73. The lowest BCUT2D eigenvalue weighted by atomic mass is 10.1. The number of carbonyl (C=O) groups is 1. The number of rotatable bonds is 6. The summed E-state index contributed by atoms with van der Waals surface area (Å²) in [7, 11) is 0. The molecule has 2 amide bonds. The minimum Gasteiger partial charge on any atom is -0.335 e. The molecule has 1 aliphatic carbocycles. The normalized spacial score (nSPS) is 13.9. The van der Waals surface area contributed by atoms with E-state index in [2.05, 4.69) is 11.9 Å². The van der Waals surface area contributed by atoms with Crippen molar-refractivity contribution in [1.29, 1.82) is 0 Å². The van der Waals surface area contributed by atoms with Crippen LogP contribution in [0.25, 0.3) is 0 Å². The Morgan fingerprint density at radius 1 is 1.53 bits per heavy atom. The van der Waals surface area contributed by atoms with E-state index in [4.69, 9.17) is 0 Å². The lowest BCUT2D eigenvalue weighted by Gasteiger charge is -2.22. The summed E-state index contributed by atoms with van der Waals surface area (Å²) < 4.78 is 13.1. The lowest BCUT2D eigenvalue weighted by molar-refractivity contribution is 0.196. The van der Waals surface area contributed by atoms with Gasteiger partial charge >= 0.3 is 6.03 Å². The molecule has 0 aromatic heterocycles. The van der Waals surface area contributed by atoms with Crippen LogP contribution in [-0.4, -0.2) is 30.1 Å². The Morgan fingerprint density at radius 2 is 2.32 bits per heavy atom. The van der Waals surface area contributed by atoms with Crippen molar-refractivity contribution in [2.75, 3.05) is 13.1 Å². The van der Waals surface area contributed by atoms with E-state index in [9.17, 15) is 9.18 Å². The second-order valence-corrected chi connectivity index (χ2v) is 4.78. The third kappa shape index (κ3) is 4.09. The Labute approximate surface area is 113 Å². The van der Waals surface area contributed by atoms with Gasteiger partial charge in [-0.2, -0.15) is 0 Å². The van der Waals surface area contributed by atoms with Crippen LogP contribution < -0.4 is 5.32 Å². The van der Waals surface area contributed by atoms with E-state index in [1.54, 1.807) is 12.1 Å². The van der Waals surface area contributed by atoms with Gasteiger partial charge < -0.3 is 10.2 Å². The predicted molar refractivity (Wildman–Crippen MR) is 73.4 cm³/mol. The molecule has 0 unspecified atom stereocenters. The molecule has 0 heterocycles. The van der Waals surface area contributed by atoms with Gasteiger partial charge in [0.2, 0.25) is 0 Å². The second kappa shape index (κ2) is 6.36. The number of nitrogens with one attached hydrogen (secondary N) is 1. The van der Waals surface area contributed by atoms with Crippen LogP contribution in [0.4, 0.5) is 9.18 Å². The molecule has 1 aliphatic rings. The maximum Gasteiger partial charge on any atom is 0.317 e. The summed E-state index contributed by atoms with van der Waals surface area (Å²) >= 11 is 0. The van der Waals surface area contributed by atoms with Gasteiger partial charge in [0.05, 0.1) is 0 Å². The van der Waals surface area contributed by atoms with Gasteiger partial charge in [0.15, 0.2) is 0 Å². The minimum atomic E-state index is -0.230. The Balaban J connectivity index is 1.90. The van der Waals surface area contributed by atoms with Crippen molar-refractivity contribution < 1.29 is 9.18 Å². The molecular formula is C15H19FN2O. The number of urea groups is 1. The molecule has 0 saturated heterocycles. The van der Waals surface area contributed by atoms with E-state index in [0.717, 1.165) is 18.4 Å². The first-order chi connectivity index (χ1) is 9.20. The van der Waals surface area contributed by atoms with E-state index >= 15 is 0 Å². The highest BCUT2D eigenvalue weighted by Gasteiger charge is 2.31. The molecule has 0 aliphatic heterocycles. The molecule has 1 N–H and O–H groups in total. The molecule has 1 aromatic carbocycles. The average Bonchev–Trinajstić information content (AvgIpc) is 3.21. The van der Waals surface area contributed by atoms with Crippen LogP contribution in [0.5, 0.6) is 0 Å². The van der Waals surface area contributed by atoms with E-state index in [1.807, 2.05) is 11.0 Å². The molecule has 19 heavy (non-hydrogen) atoms. The van der Waals surface area contributed by atoms with E-state index < -0.39 is 0 Å². The zero-order valence-corrected chi connectivity index (χ0v) is 10.9. The quantitative estimate of drug-likeness (QED) is 0.785. The topological polar surface area (TPSA) is 32.3 Å². The molecule has 0 atom stereocenters. The van der Waals surface area contributed by atoms with Gasteiger partial charge in [0, 0.05) is 19.1 Å². The standard InChI is InChI=1S/C15H19FN2O/c1-2-9-17-15(19)18(14-6-7-14)10-8-12-4-3-5-13(16)11-12/h2-5,11,14H,1,6-10H2,(H,17,19). The Kier molecular flexibility index (Phi) is 4.55. The Bertz CT molecular complexity index is 457. The number of amides is 2. The van der Waals surface area contributed by atoms with E-state index in [-0.39, 0.29) is 11.8 Å². The number of nitrogens with zero attached hydrogens (tertiary/aromatic N) is 1. The average molecular weight is 262 g/mol. The summed E-state index contributed by atoms with van der Waals surface area (Å²) in [4.78, 5) is 13.8. The van der Waals surface area contributed by atoms with Crippen LogP contribution in [-0.2, 0) is 6.42 Å². The fraction of sp³-hybridized carbons (Fsp3) is 0.400. The molecule has 1 aromatic rings. The SMILES string of the molecule is C=CCNC(=O)N(CCc1cccc(F)c1)C1CC1. The van der Waals surface area contributed by atoms with Crippen molar-refractivity contribution in [2.24, 2.45) is 0 Å². The Morgan fingerprint density at radius 3 is 2.95 bits per heavy atom. The Hall–Kier alpha value is -1.84. The first kappa shape index (κ1) is 13.6. The third-order valence-corrected chi connectivity index (χ3v) is 3.18. The number of carbonyl (C=O) groups excluding carboxylic acids is 1. The van der Waals surface area contributed by atoms with Gasteiger partial charge in [-0.05, 0) is 37.0 Å². The van der Waals surface area contributed by atoms with Crippen LogP contribution in [0.1, 0.15) is 18.4 Å². The molecule has 0 bridgehead atoms.